The molecule has 2 unspecified atom stereocenters. The van der Waals surface area contributed by atoms with Crippen LogP contribution in [0, 0.1) is 5.82 Å². The zero-order valence-corrected chi connectivity index (χ0v) is 21.4. The van der Waals surface area contributed by atoms with E-state index in [4.69, 9.17) is 0 Å². The molecule has 0 saturated heterocycles. The van der Waals surface area contributed by atoms with Gasteiger partial charge in [0.2, 0.25) is 0 Å². The fourth-order valence-corrected chi connectivity index (χ4v) is 5.70. The molecular weight excluding hydrogens is 498 g/mol. The first-order chi connectivity index (χ1) is 17.7. The lowest BCUT2D eigenvalue weighted by atomic mass is 9.62. The first-order valence-electron chi connectivity index (χ1n) is 12.4. The molecule has 9 heteroatoms. The van der Waals surface area contributed by atoms with Crippen molar-refractivity contribution in [2.24, 2.45) is 0 Å². The van der Waals surface area contributed by atoms with Gasteiger partial charge in [-0.1, -0.05) is 39.8 Å². The molecule has 5 nitrogen and oxygen atoms in total. The van der Waals surface area contributed by atoms with E-state index < -0.39 is 29.7 Å². The molecule has 1 heterocycles. The monoisotopic (exact) mass is 527 g/mol. The first-order valence-corrected chi connectivity index (χ1v) is 12.4. The summed E-state index contributed by atoms with van der Waals surface area (Å²) in [6.45, 7) is 7.03. The maximum Gasteiger partial charge on any atom is 0.419 e. The molecule has 0 aliphatic heterocycles. The van der Waals surface area contributed by atoms with Crippen LogP contribution in [-0.4, -0.2) is 31.8 Å². The van der Waals surface area contributed by atoms with Gasteiger partial charge >= 0.3 is 6.18 Å². The number of anilines is 1. The Morgan fingerprint density at radius 1 is 1.05 bits per heavy atom. The third-order valence-electron chi connectivity index (χ3n) is 7.48. The number of hydrogen-bond donors (Lipinski definition) is 3. The molecule has 0 saturated carbocycles. The number of alkyl halides is 3. The summed E-state index contributed by atoms with van der Waals surface area (Å²) in [7, 11) is 0. The highest BCUT2D eigenvalue weighted by Crippen LogP contribution is 2.57. The van der Waals surface area contributed by atoms with Crippen molar-refractivity contribution in [2.45, 2.75) is 63.3 Å². The summed E-state index contributed by atoms with van der Waals surface area (Å²) in [6, 6.07) is 12.4. The van der Waals surface area contributed by atoms with Crippen molar-refractivity contribution in [1.82, 2.24) is 9.78 Å². The highest BCUT2D eigenvalue weighted by atomic mass is 19.4. The smallest absolute Gasteiger partial charge is 0.419 e. The Bertz CT molecular complexity index is 1510. The second-order valence-corrected chi connectivity index (χ2v) is 11.0. The third-order valence-corrected chi connectivity index (χ3v) is 7.48. The number of phenolic OH excluding ortho intramolecular Hbond substituents is 1. The summed E-state index contributed by atoms with van der Waals surface area (Å²) in [4.78, 5) is 0. The minimum Gasteiger partial charge on any atom is -0.507 e. The van der Waals surface area contributed by atoms with Gasteiger partial charge in [-0.25, -0.2) is 9.07 Å². The van der Waals surface area contributed by atoms with Gasteiger partial charge in [0.1, 0.15) is 11.6 Å². The second-order valence-electron chi connectivity index (χ2n) is 11.0. The van der Waals surface area contributed by atoms with E-state index in [1.165, 1.54) is 12.1 Å². The molecule has 3 N–H and O–H groups in total. The molecule has 1 aliphatic carbocycles. The fraction of sp³-hybridized carbons (Fsp3) is 0.345. The van der Waals surface area contributed by atoms with Crippen molar-refractivity contribution in [2.75, 3.05) is 5.32 Å². The van der Waals surface area contributed by atoms with Gasteiger partial charge in [-0.15, -0.1) is 0 Å². The Labute approximate surface area is 217 Å². The van der Waals surface area contributed by atoms with E-state index in [0.29, 0.717) is 33.4 Å². The highest BCUT2D eigenvalue weighted by Gasteiger charge is 2.64. The number of aromatic nitrogens is 2. The van der Waals surface area contributed by atoms with Crippen molar-refractivity contribution < 1.29 is 27.8 Å². The van der Waals surface area contributed by atoms with E-state index in [0.717, 1.165) is 0 Å². The number of fused-ring (bicyclic) bond motifs is 2. The van der Waals surface area contributed by atoms with Crippen LogP contribution in [0.1, 0.15) is 62.8 Å². The predicted octanol–water partition coefficient (Wildman–Crippen LogP) is 7.12. The molecule has 5 rings (SSSR count). The number of aromatic hydroxyl groups is 1. The Kier molecular flexibility index (Phi) is 5.98. The number of rotatable bonds is 4. The Morgan fingerprint density at radius 2 is 1.74 bits per heavy atom. The van der Waals surface area contributed by atoms with Gasteiger partial charge in [0.25, 0.3) is 0 Å². The molecule has 0 radical (unpaired) electrons. The fourth-order valence-electron chi connectivity index (χ4n) is 5.70. The van der Waals surface area contributed by atoms with Crippen molar-refractivity contribution >= 4 is 16.6 Å². The number of nitrogens with zero attached hydrogens (tertiary/aromatic N) is 2. The molecule has 4 aromatic rings. The number of benzene rings is 3. The van der Waals surface area contributed by atoms with Crippen LogP contribution in [0.15, 0.2) is 60.8 Å². The van der Waals surface area contributed by atoms with Gasteiger partial charge in [-0.2, -0.15) is 18.3 Å². The lowest BCUT2D eigenvalue weighted by Gasteiger charge is -2.49. The molecule has 200 valence electrons. The summed E-state index contributed by atoms with van der Waals surface area (Å²) < 4.78 is 58.5. The van der Waals surface area contributed by atoms with Crippen LogP contribution >= 0.6 is 0 Å². The normalized spacial score (nSPS) is 21.1. The maximum atomic E-state index is 14.5. The summed E-state index contributed by atoms with van der Waals surface area (Å²) in [6.07, 6.45) is -4.00. The zero-order valence-electron chi connectivity index (χ0n) is 21.4. The van der Waals surface area contributed by atoms with E-state index in [-0.39, 0.29) is 23.0 Å². The summed E-state index contributed by atoms with van der Waals surface area (Å²) in [5, 5.41) is 30.3. The van der Waals surface area contributed by atoms with Gasteiger partial charge in [0.05, 0.1) is 23.4 Å². The van der Waals surface area contributed by atoms with Crippen LogP contribution in [0.4, 0.5) is 23.2 Å². The molecule has 0 amide bonds. The molecule has 38 heavy (non-hydrogen) atoms. The molecule has 2 atom stereocenters. The maximum absolute atomic E-state index is 14.5. The van der Waals surface area contributed by atoms with E-state index >= 15 is 0 Å². The van der Waals surface area contributed by atoms with Crippen molar-refractivity contribution in [1.29, 1.82) is 0 Å². The Morgan fingerprint density at radius 3 is 2.37 bits per heavy atom. The van der Waals surface area contributed by atoms with Crippen molar-refractivity contribution in [3.8, 4) is 11.4 Å². The minimum absolute atomic E-state index is 0.0328. The number of nitrogens with one attached hydrogen (secondary N) is 1. The molecular formula is C29H29F4N3O2. The standard InChI is InChI=1S/C29H29F4N3O2/c1-16(2)21-10-11-22-24(25(21)37)27(3,4)15-28(38,29(31,32)33)26(22)35-19-7-12-23-17(13-19)14-34-36(23)20-8-5-18(30)6-9-20/h5-14,16,26,35,37-38H,15H2,1-4H3. The predicted molar refractivity (Wildman–Crippen MR) is 138 cm³/mol. The van der Waals surface area contributed by atoms with Crippen LogP contribution in [0.5, 0.6) is 5.75 Å². The van der Waals surface area contributed by atoms with Crippen LogP contribution in [0.2, 0.25) is 0 Å². The quantitative estimate of drug-likeness (QED) is 0.247. The van der Waals surface area contributed by atoms with Crippen LogP contribution in [-0.2, 0) is 5.41 Å². The van der Waals surface area contributed by atoms with Gasteiger partial charge in [-0.3, -0.25) is 0 Å². The number of hydrogen-bond acceptors (Lipinski definition) is 4. The summed E-state index contributed by atoms with van der Waals surface area (Å²) in [5.74, 6) is -0.447. The first kappa shape index (κ1) is 26.0. The van der Waals surface area contributed by atoms with Gasteiger partial charge < -0.3 is 15.5 Å². The zero-order chi connectivity index (χ0) is 27.6. The molecule has 0 fully saturated rings. The molecule has 0 bridgehead atoms. The summed E-state index contributed by atoms with van der Waals surface area (Å²) >= 11 is 0. The average molecular weight is 528 g/mol. The van der Waals surface area contributed by atoms with E-state index in [2.05, 4.69) is 10.4 Å². The summed E-state index contributed by atoms with van der Waals surface area (Å²) in [5.41, 5.74) is -1.34. The Balaban J connectivity index is 1.61. The lowest BCUT2D eigenvalue weighted by molar-refractivity contribution is -0.276. The van der Waals surface area contributed by atoms with Gasteiger partial charge in [0.15, 0.2) is 5.60 Å². The van der Waals surface area contributed by atoms with Crippen molar-refractivity contribution in [3.63, 3.8) is 0 Å². The number of aliphatic hydroxyl groups is 1. The van der Waals surface area contributed by atoms with Crippen LogP contribution in [0.3, 0.4) is 0 Å². The largest absolute Gasteiger partial charge is 0.507 e. The highest BCUT2D eigenvalue weighted by molar-refractivity contribution is 5.84. The van der Waals surface area contributed by atoms with Crippen LogP contribution < -0.4 is 5.32 Å². The topological polar surface area (TPSA) is 70.3 Å². The number of phenols is 1. The molecule has 1 aliphatic rings. The van der Waals surface area contributed by atoms with Crippen LogP contribution in [0.25, 0.3) is 16.6 Å². The van der Waals surface area contributed by atoms with E-state index in [1.807, 2.05) is 13.8 Å². The molecule has 1 aromatic heterocycles. The molecule has 3 aromatic carbocycles. The number of halogens is 4. The van der Waals surface area contributed by atoms with Gasteiger partial charge in [-0.05, 0) is 71.3 Å². The SMILES string of the molecule is CC(C)c1ccc2c(c1O)C(C)(C)CC(O)(C(F)(F)F)C2Nc1ccc2c(cnn2-c2ccc(F)cc2)c1. The third kappa shape index (κ3) is 4.09. The van der Waals surface area contributed by atoms with Crippen molar-refractivity contribution in [3.05, 3.63) is 83.3 Å². The van der Waals surface area contributed by atoms with E-state index in [1.54, 1.807) is 67.2 Å². The van der Waals surface area contributed by atoms with Gasteiger partial charge in [0, 0.05) is 16.6 Å². The minimum atomic E-state index is -4.94. The molecule has 0 spiro atoms. The Hall–Kier alpha value is -3.59. The second kappa shape index (κ2) is 8.73. The lowest BCUT2D eigenvalue weighted by Crippen LogP contribution is -2.58. The average Bonchev–Trinajstić information content (AvgIpc) is 3.24. The van der Waals surface area contributed by atoms with E-state index in [9.17, 15) is 27.8 Å².